The molecule has 0 saturated carbocycles. The highest BCUT2D eigenvalue weighted by Crippen LogP contribution is 2.11. The van der Waals surface area contributed by atoms with Gasteiger partial charge in [0, 0.05) is 6.20 Å². The standard InChI is InChI=1S/C12H8ClFN2O3S/c13-11-6-1-8(7-15-11)12(17)16-20(18,19)10-4-2-9(14)3-5-10/h1-7H,(H,16,17). The fraction of sp³-hybridized carbons (Fsp3) is 0. The van der Waals surface area contributed by atoms with Gasteiger partial charge in [0.1, 0.15) is 11.0 Å². The number of nitrogens with one attached hydrogen (secondary N) is 1. The summed E-state index contributed by atoms with van der Waals surface area (Å²) in [4.78, 5) is 15.2. The van der Waals surface area contributed by atoms with Gasteiger partial charge >= 0.3 is 0 Å². The highest BCUT2D eigenvalue weighted by Gasteiger charge is 2.18. The number of amides is 1. The lowest BCUT2D eigenvalue weighted by Gasteiger charge is -2.06. The molecule has 0 atom stereocenters. The third-order valence-corrected chi connectivity index (χ3v) is 3.91. The minimum absolute atomic E-state index is 0.0417. The molecule has 0 saturated heterocycles. The van der Waals surface area contributed by atoms with Crippen LogP contribution in [-0.2, 0) is 10.0 Å². The number of aromatic nitrogens is 1. The molecule has 1 aromatic carbocycles. The summed E-state index contributed by atoms with van der Waals surface area (Å²) in [6, 6.07) is 6.80. The minimum atomic E-state index is -4.06. The Morgan fingerprint density at radius 3 is 2.35 bits per heavy atom. The molecule has 0 fully saturated rings. The first-order valence-corrected chi connectivity index (χ1v) is 7.19. The second-order valence-corrected chi connectivity index (χ2v) is 5.83. The molecule has 2 rings (SSSR count). The fourth-order valence-corrected chi connectivity index (χ4v) is 2.45. The van der Waals surface area contributed by atoms with Crippen LogP contribution in [0.4, 0.5) is 4.39 Å². The summed E-state index contributed by atoms with van der Waals surface area (Å²) < 4.78 is 38.4. The second kappa shape index (κ2) is 5.56. The average Bonchev–Trinajstić information content (AvgIpc) is 2.39. The molecule has 8 heteroatoms. The third kappa shape index (κ3) is 3.31. The maximum absolute atomic E-state index is 12.7. The predicted molar refractivity (Wildman–Crippen MR) is 70.3 cm³/mol. The van der Waals surface area contributed by atoms with E-state index in [1.54, 1.807) is 0 Å². The Morgan fingerprint density at radius 2 is 1.80 bits per heavy atom. The molecule has 104 valence electrons. The minimum Gasteiger partial charge on any atom is -0.268 e. The van der Waals surface area contributed by atoms with Gasteiger partial charge in [-0.1, -0.05) is 11.6 Å². The van der Waals surface area contributed by atoms with Crippen LogP contribution in [0.3, 0.4) is 0 Å². The number of carbonyl (C=O) groups is 1. The van der Waals surface area contributed by atoms with Crippen molar-refractivity contribution >= 4 is 27.5 Å². The molecule has 0 aliphatic heterocycles. The number of rotatable bonds is 3. The monoisotopic (exact) mass is 314 g/mol. The van der Waals surface area contributed by atoms with E-state index in [1.807, 2.05) is 4.72 Å². The van der Waals surface area contributed by atoms with Gasteiger partial charge in [-0.15, -0.1) is 0 Å². The summed E-state index contributed by atoms with van der Waals surface area (Å²) in [5.74, 6) is -1.42. The summed E-state index contributed by atoms with van der Waals surface area (Å²) >= 11 is 5.56. The molecule has 20 heavy (non-hydrogen) atoms. The molecule has 5 nitrogen and oxygen atoms in total. The molecule has 0 radical (unpaired) electrons. The Bertz CT molecular complexity index is 730. The van der Waals surface area contributed by atoms with Crippen molar-refractivity contribution in [3.8, 4) is 0 Å². The molecule has 2 aromatic rings. The number of sulfonamides is 1. The van der Waals surface area contributed by atoms with E-state index in [4.69, 9.17) is 11.6 Å². The van der Waals surface area contributed by atoms with E-state index in [-0.39, 0.29) is 15.6 Å². The van der Waals surface area contributed by atoms with E-state index in [1.165, 1.54) is 12.1 Å². The van der Waals surface area contributed by atoms with Crippen molar-refractivity contribution in [2.75, 3.05) is 0 Å². The maximum atomic E-state index is 12.7. The van der Waals surface area contributed by atoms with Crippen LogP contribution in [0, 0.1) is 5.82 Å². The largest absolute Gasteiger partial charge is 0.268 e. The topological polar surface area (TPSA) is 76.1 Å². The number of hydrogen-bond donors (Lipinski definition) is 1. The van der Waals surface area contributed by atoms with Crippen molar-refractivity contribution in [1.29, 1.82) is 0 Å². The van der Waals surface area contributed by atoms with Crippen molar-refractivity contribution in [2.45, 2.75) is 4.90 Å². The van der Waals surface area contributed by atoms with Crippen molar-refractivity contribution in [1.82, 2.24) is 9.71 Å². The summed E-state index contributed by atoms with van der Waals surface area (Å²) in [6.45, 7) is 0. The van der Waals surface area contributed by atoms with Crippen molar-refractivity contribution in [3.63, 3.8) is 0 Å². The first-order chi connectivity index (χ1) is 9.38. The van der Waals surface area contributed by atoms with Gasteiger partial charge in [0.2, 0.25) is 0 Å². The number of benzene rings is 1. The highest BCUT2D eigenvalue weighted by atomic mass is 35.5. The molecule has 0 spiro atoms. The normalized spacial score (nSPS) is 11.1. The van der Waals surface area contributed by atoms with E-state index in [0.717, 1.165) is 30.5 Å². The van der Waals surface area contributed by atoms with Crippen LogP contribution in [0.2, 0.25) is 5.15 Å². The van der Waals surface area contributed by atoms with Crippen LogP contribution in [0.15, 0.2) is 47.5 Å². The SMILES string of the molecule is O=C(NS(=O)(=O)c1ccc(F)cc1)c1ccc(Cl)nc1. The van der Waals surface area contributed by atoms with Gasteiger partial charge in [0.15, 0.2) is 0 Å². The molecular weight excluding hydrogens is 307 g/mol. The van der Waals surface area contributed by atoms with E-state index in [2.05, 4.69) is 4.98 Å². The Kier molecular flexibility index (Phi) is 4.01. The average molecular weight is 315 g/mol. The fourth-order valence-electron chi connectivity index (χ4n) is 1.36. The van der Waals surface area contributed by atoms with Crippen LogP contribution in [0.25, 0.3) is 0 Å². The zero-order valence-electron chi connectivity index (χ0n) is 9.88. The lowest BCUT2D eigenvalue weighted by atomic mass is 10.3. The van der Waals surface area contributed by atoms with Crippen LogP contribution in [0.1, 0.15) is 10.4 Å². The maximum Gasteiger partial charge on any atom is 0.266 e. The number of nitrogens with zero attached hydrogens (tertiary/aromatic N) is 1. The summed E-state index contributed by atoms with van der Waals surface area (Å²) in [5.41, 5.74) is 0.0417. The van der Waals surface area contributed by atoms with Gasteiger partial charge in [-0.3, -0.25) is 4.79 Å². The van der Waals surface area contributed by atoms with Crippen LogP contribution >= 0.6 is 11.6 Å². The van der Waals surface area contributed by atoms with Crippen LogP contribution in [-0.4, -0.2) is 19.3 Å². The van der Waals surface area contributed by atoms with Gasteiger partial charge in [0.05, 0.1) is 10.5 Å². The number of pyridine rings is 1. The van der Waals surface area contributed by atoms with Crippen molar-refractivity contribution in [2.24, 2.45) is 0 Å². The molecule has 1 N–H and O–H groups in total. The summed E-state index contributed by atoms with van der Waals surface area (Å²) in [7, 11) is -4.06. The molecule has 0 unspecified atom stereocenters. The van der Waals surface area contributed by atoms with Crippen molar-refractivity contribution < 1.29 is 17.6 Å². The Hall–Kier alpha value is -1.99. The lowest BCUT2D eigenvalue weighted by Crippen LogP contribution is -2.30. The first kappa shape index (κ1) is 14.4. The quantitative estimate of drug-likeness (QED) is 0.879. The Balaban J connectivity index is 2.22. The van der Waals surface area contributed by atoms with Gasteiger partial charge in [-0.25, -0.2) is 22.5 Å². The smallest absolute Gasteiger partial charge is 0.266 e. The van der Waals surface area contributed by atoms with E-state index in [9.17, 15) is 17.6 Å². The molecule has 0 aliphatic carbocycles. The molecule has 1 aromatic heterocycles. The number of halogens is 2. The first-order valence-electron chi connectivity index (χ1n) is 5.33. The number of carbonyl (C=O) groups excluding carboxylic acids is 1. The van der Waals surface area contributed by atoms with E-state index >= 15 is 0 Å². The highest BCUT2D eigenvalue weighted by molar-refractivity contribution is 7.90. The second-order valence-electron chi connectivity index (χ2n) is 3.76. The Morgan fingerprint density at radius 1 is 1.15 bits per heavy atom. The molecular formula is C12H8ClFN2O3S. The zero-order valence-corrected chi connectivity index (χ0v) is 11.5. The lowest BCUT2D eigenvalue weighted by molar-refractivity contribution is 0.0981. The number of hydrogen-bond acceptors (Lipinski definition) is 4. The molecule has 1 heterocycles. The summed E-state index contributed by atoms with van der Waals surface area (Å²) in [6.07, 6.45) is 1.15. The van der Waals surface area contributed by atoms with Gasteiger partial charge in [-0.05, 0) is 36.4 Å². The molecule has 1 amide bonds. The third-order valence-electron chi connectivity index (χ3n) is 2.34. The summed E-state index contributed by atoms with van der Waals surface area (Å²) in [5, 5.41) is 0.183. The van der Waals surface area contributed by atoms with Gasteiger partial charge in [-0.2, -0.15) is 0 Å². The molecule has 0 bridgehead atoms. The van der Waals surface area contributed by atoms with Crippen LogP contribution < -0.4 is 4.72 Å². The predicted octanol–water partition coefficient (Wildman–Crippen LogP) is 1.99. The Labute approximate surface area is 119 Å². The van der Waals surface area contributed by atoms with E-state index < -0.39 is 21.7 Å². The van der Waals surface area contributed by atoms with Gasteiger partial charge in [0.25, 0.3) is 15.9 Å². The molecule has 0 aliphatic rings. The van der Waals surface area contributed by atoms with Crippen molar-refractivity contribution in [3.05, 3.63) is 59.1 Å². The van der Waals surface area contributed by atoms with Gasteiger partial charge < -0.3 is 0 Å². The zero-order chi connectivity index (χ0) is 14.8. The van der Waals surface area contributed by atoms with Crippen LogP contribution in [0.5, 0.6) is 0 Å². The van der Waals surface area contributed by atoms with E-state index in [0.29, 0.717) is 0 Å².